The normalized spacial score (nSPS) is 14.5. The van der Waals surface area contributed by atoms with E-state index in [1.54, 1.807) is 25.3 Å². The lowest BCUT2D eigenvalue weighted by Gasteiger charge is -2.38. The molecule has 242 valence electrons. The summed E-state index contributed by atoms with van der Waals surface area (Å²) >= 11 is 0. The first-order valence-corrected chi connectivity index (χ1v) is 16.8. The monoisotopic (exact) mass is 655 g/mol. The lowest BCUT2D eigenvalue weighted by Crippen LogP contribution is -2.48. The Bertz CT molecular complexity index is 2330. The van der Waals surface area contributed by atoms with Gasteiger partial charge in [-0.05, 0) is 69.3 Å². The van der Waals surface area contributed by atoms with E-state index >= 15 is 0 Å². The molecule has 0 saturated carbocycles. The van der Waals surface area contributed by atoms with Gasteiger partial charge in [0.2, 0.25) is 5.95 Å². The Labute approximate surface area is 270 Å². The van der Waals surface area contributed by atoms with Crippen LogP contribution in [0.25, 0.3) is 27.6 Å². The summed E-state index contributed by atoms with van der Waals surface area (Å²) in [4.78, 5) is 28.2. The van der Waals surface area contributed by atoms with Crippen LogP contribution in [-0.2, 0) is 10.0 Å². The number of aromatic nitrogens is 4. The first-order chi connectivity index (χ1) is 22.5. The molecule has 6 aromatic rings. The zero-order chi connectivity index (χ0) is 33.0. The number of hydrogen-bond donors (Lipinski definition) is 1. The van der Waals surface area contributed by atoms with Gasteiger partial charge in [0.05, 0.1) is 34.0 Å². The molecule has 1 saturated heterocycles. The lowest BCUT2D eigenvalue weighted by molar-refractivity contribution is 0.209. The predicted molar refractivity (Wildman–Crippen MR) is 181 cm³/mol. The average molecular weight is 656 g/mol. The number of methoxy groups -OCH3 is 1. The fourth-order valence-corrected chi connectivity index (χ4v) is 7.37. The molecule has 11 nitrogen and oxygen atoms in total. The predicted octanol–water partition coefficient (Wildman–Crippen LogP) is 5.16. The van der Waals surface area contributed by atoms with Crippen LogP contribution in [0.4, 0.5) is 21.7 Å². The number of anilines is 3. The van der Waals surface area contributed by atoms with Gasteiger partial charge in [0, 0.05) is 50.2 Å². The molecule has 0 atom stereocenters. The number of nitrogens with one attached hydrogen (secondary N) is 1. The molecule has 7 rings (SSSR count). The second-order valence-corrected chi connectivity index (χ2v) is 13.8. The Morgan fingerprint density at radius 2 is 1.64 bits per heavy atom. The highest BCUT2D eigenvalue weighted by Gasteiger charge is 2.25. The Kier molecular flexibility index (Phi) is 7.60. The van der Waals surface area contributed by atoms with Crippen LogP contribution in [0.1, 0.15) is 19.4 Å². The van der Waals surface area contributed by atoms with Crippen LogP contribution in [-0.4, -0.2) is 71.0 Å². The van der Waals surface area contributed by atoms with Crippen molar-refractivity contribution in [2.24, 2.45) is 0 Å². The van der Waals surface area contributed by atoms with Gasteiger partial charge in [0.1, 0.15) is 11.6 Å². The molecule has 3 aromatic carbocycles. The Morgan fingerprint density at radius 3 is 2.34 bits per heavy atom. The summed E-state index contributed by atoms with van der Waals surface area (Å²) in [6.07, 6.45) is 1.39. The van der Waals surface area contributed by atoms with Crippen molar-refractivity contribution in [3.63, 3.8) is 0 Å². The zero-order valence-corrected chi connectivity index (χ0v) is 27.3. The van der Waals surface area contributed by atoms with Crippen molar-refractivity contribution in [1.29, 1.82) is 0 Å². The number of piperazine rings is 1. The SMILES string of the molecule is COc1cc(N2CCN(C(C)C)CC2)ccc1Nc1nc2c(ccn2S(=O)(=O)c2ccc(C)cc2)c2nc3ccc(F)cc3c(=O)n12. The van der Waals surface area contributed by atoms with Gasteiger partial charge in [-0.1, -0.05) is 17.7 Å². The maximum absolute atomic E-state index is 14.3. The first-order valence-electron chi connectivity index (χ1n) is 15.3. The molecule has 0 radical (unpaired) electrons. The second kappa shape index (κ2) is 11.7. The van der Waals surface area contributed by atoms with Crippen molar-refractivity contribution in [3.8, 4) is 5.75 Å². The van der Waals surface area contributed by atoms with Gasteiger partial charge < -0.3 is 15.0 Å². The summed E-state index contributed by atoms with van der Waals surface area (Å²) in [6, 6.07) is 18.1. The van der Waals surface area contributed by atoms with Gasteiger partial charge in [-0.25, -0.2) is 26.2 Å². The van der Waals surface area contributed by atoms with Crippen LogP contribution in [0.5, 0.6) is 5.75 Å². The second-order valence-electron chi connectivity index (χ2n) is 12.0. The molecule has 13 heteroatoms. The van der Waals surface area contributed by atoms with Crippen molar-refractivity contribution in [1.82, 2.24) is 23.2 Å². The molecule has 0 amide bonds. The van der Waals surface area contributed by atoms with Crippen molar-refractivity contribution in [3.05, 3.63) is 94.7 Å². The maximum atomic E-state index is 14.3. The number of rotatable bonds is 7. The maximum Gasteiger partial charge on any atom is 0.269 e. The van der Waals surface area contributed by atoms with Gasteiger partial charge >= 0.3 is 0 Å². The van der Waals surface area contributed by atoms with Gasteiger partial charge in [-0.2, -0.15) is 4.98 Å². The largest absolute Gasteiger partial charge is 0.494 e. The van der Waals surface area contributed by atoms with E-state index in [1.807, 2.05) is 25.1 Å². The lowest BCUT2D eigenvalue weighted by atomic mass is 10.2. The van der Waals surface area contributed by atoms with Crippen LogP contribution in [0.15, 0.2) is 82.6 Å². The minimum Gasteiger partial charge on any atom is -0.494 e. The number of ether oxygens (including phenoxy) is 1. The van der Waals surface area contributed by atoms with E-state index in [0.717, 1.165) is 47.5 Å². The van der Waals surface area contributed by atoms with Gasteiger partial charge in [-0.15, -0.1) is 0 Å². The minimum atomic E-state index is -4.07. The molecule has 1 aliphatic heterocycles. The third kappa shape index (κ3) is 5.34. The van der Waals surface area contributed by atoms with Crippen LogP contribution in [0.3, 0.4) is 0 Å². The van der Waals surface area contributed by atoms with E-state index in [4.69, 9.17) is 14.7 Å². The zero-order valence-electron chi connectivity index (χ0n) is 26.4. The third-order valence-electron chi connectivity index (χ3n) is 8.74. The number of benzene rings is 3. The van der Waals surface area contributed by atoms with Gasteiger partial charge in [0.15, 0.2) is 11.3 Å². The first kappa shape index (κ1) is 30.6. The van der Waals surface area contributed by atoms with Crippen molar-refractivity contribution in [2.45, 2.75) is 31.7 Å². The number of halogens is 1. The molecule has 47 heavy (non-hydrogen) atoms. The summed E-state index contributed by atoms with van der Waals surface area (Å²) in [5.74, 6) is -0.0899. The summed E-state index contributed by atoms with van der Waals surface area (Å²) in [5.41, 5.74) is 2.34. The molecule has 1 fully saturated rings. The molecule has 4 heterocycles. The number of aryl methyl sites for hydroxylation is 1. The molecule has 0 spiro atoms. The number of nitrogens with zero attached hydrogens (tertiary/aromatic N) is 6. The summed E-state index contributed by atoms with van der Waals surface area (Å²) in [5, 5.41) is 3.59. The molecular formula is C34H34FN7O4S. The molecule has 0 bridgehead atoms. The summed E-state index contributed by atoms with van der Waals surface area (Å²) < 4.78 is 50.0. The van der Waals surface area contributed by atoms with E-state index in [0.29, 0.717) is 22.9 Å². The Balaban J connectivity index is 1.39. The molecule has 1 N–H and O–H groups in total. The Morgan fingerprint density at radius 1 is 0.894 bits per heavy atom. The fourth-order valence-electron chi connectivity index (χ4n) is 6.07. The highest BCUT2D eigenvalue weighted by atomic mass is 32.2. The number of fused-ring (bicyclic) bond motifs is 4. The smallest absolute Gasteiger partial charge is 0.269 e. The van der Waals surface area contributed by atoms with Crippen LogP contribution in [0.2, 0.25) is 0 Å². The molecule has 1 aliphatic rings. The van der Waals surface area contributed by atoms with E-state index < -0.39 is 21.4 Å². The topological polar surface area (TPSA) is 114 Å². The highest BCUT2D eigenvalue weighted by molar-refractivity contribution is 7.90. The van der Waals surface area contributed by atoms with Crippen molar-refractivity contribution in [2.75, 3.05) is 43.5 Å². The minimum absolute atomic E-state index is 0.00758. The molecule has 0 unspecified atom stereocenters. The van der Waals surface area contributed by atoms with Crippen LogP contribution in [0, 0.1) is 12.7 Å². The fraction of sp³-hybridized carbons (Fsp3) is 0.265. The highest BCUT2D eigenvalue weighted by Crippen LogP contribution is 2.34. The van der Waals surface area contributed by atoms with E-state index in [9.17, 15) is 17.6 Å². The third-order valence-corrected chi connectivity index (χ3v) is 10.4. The molecule has 3 aromatic heterocycles. The van der Waals surface area contributed by atoms with Gasteiger partial charge in [-0.3, -0.25) is 9.69 Å². The van der Waals surface area contributed by atoms with Crippen molar-refractivity contribution >= 4 is 54.9 Å². The van der Waals surface area contributed by atoms with Gasteiger partial charge in [0.25, 0.3) is 15.6 Å². The Hall–Kier alpha value is -5.01. The summed E-state index contributed by atoms with van der Waals surface area (Å²) in [6.45, 7) is 9.91. The van der Waals surface area contributed by atoms with E-state index in [1.165, 1.54) is 34.9 Å². The molecule has 0 aliphatic carbocycles. The quantitative estimate of drug-likeness (QED) is 0.233. The summed E-state index contributed by atoms with van der Waals surface area (Å²) in [7, 11) is -2.51. The van der Waals surface area contributed by atoms with Crippen LogP contribution < -0.4 is 20.5 Å². The molecular weight excluding hydrogens is 621 g/mol. The van der Waals surface area contributed by atoms with Crippen molar-refractivity contribution < 1.29 is 17.5 Å². The number of hydrogen-bond acceptors (Lipinski definition) is 9. The van der Waals surface area contributed by atoms with Crippen LogP contribution >= 0.6 is 0 Å². The average Bonchev–Trinajstić information content (AvgIpc) is 3.50. The van der Waals surface area contributed by atoms with E-state index in [2.05, 4.69) is 29.0 Å². The van der Waals surface area contributed by atoms with E-state index in [-0.39, 0.29) is 33.0 Å². The standard InChI is InChI=1S/C34H34FN7O4S/c1-21(2)39-15-17-40(18-16-39)24-8-12-29(30(20-24)46-4)37-34-38-31-26(13-14-41(31)47(44,45)25-9-5-22(3)6-10-25)32-36-28-11-7-23(35)19-27(28)33(43)42(32)34/h5-14,19-21H,15-18H2,1-4H3,(H,37,38).